The number of carbonyl (C=O) groups is 1. The monoisotopic (exact) mass is 336 g/mol. The molecule has 1 aromatic carbocycles. The molecule has 0 radical (unpaired) electrons. The van der Waals surface area contributed by atoms with Crippen molar-refractivity contribution in [3.05, 3.63) is 65.9 Å². The van der Waals surface area contributed by atoms with Crippen molar-refractivity contribution in [1.82, 2.24) is 20.3 Å². The molecule has 7 heteroatoms. The van der Waals surface area contributed by atoms with E-state index in [-0.39, 0.29) is 12.5 Å². The molecule has 4 aromatic rings. The van der Waals surface area contributed by atoms with Crippen molar-refractivity contribution in [1.29, 1.82) is 0 Å². The summed E-state index contributed by atoms with van der Waals surface area (Å²) in [5, 5.41) is 3.17. The van der Waals surface area contributed by atoms with E-state index in [0.717, 1.165) is 15.8 Å². The first kappa shape index (κ1) is 14.5. The number of pyridine rings is 1. The number of oxazole rings is 1. The number of aromatic nitrogens is 3. The summed E-state index contributed by atoms with van der Waals surface area (Å²) in [6.07, 6.45) is 4.98. The summed E-state index contributed by atoms with van der Waals surface area (Å²) in [6.45, 7) is 0.208. The summed E-state index contributed by atoms with van der Waals surface area (Å²) in [5.74, 6) is 0.867. The molecule has 0 aliphatic rings. The Morgan fingerprint density at radius 3 is 2.88 bits per heavy atom. The highest BCUT2D eigenvalue weighted by molar-refractivity contribution is 7.20. The molecule has 24 heavy (non-hydrogen) atoms. The van der Waals surface area contributed by atoms with E-state index >= 15 is 0 Å². The highest BCUT2D eigenvalue weighted by Crippen LogP contribution is 2.21. The average molecular weight is 336 g/mol. The molecule has 0 unspecified atom stereocenters. The maximum absolute atomic E-state index is 12.2. The van der Waals surface area contributed by atoms with Crippen molar-refractivity contribution in [2.45, 2.75) is 6.54 Å². The van der Waals surface area contributed by atoms with Gasteiger partial charge in [0, 0.05) is 11.8 Å². The van der Waals surface area contributed by atoms with Gasteiger partial charge in [-0.3, -0.25) is 9.78 Å². The van der Waals surface area contributed by atoms with Crippen LogP contribution < -0.4 is 5.32 Å². The second-order valence-corrected chi connectivity index (χ2v) is 6.06. The van der Waals surface area contributed by atoms with Gasteiger partial charge in [0.05, 0.1) is 23.6 Å². The summed E-state index contributed by atoms with van der Waals surface area (Å²) in [4.78, 5) is 24.7. The molecule has 118 valence electrons. The third kappa shape index (κ3) is 2.89. The smallest absolute Gasteiger partial charge is 0.280 e. The number of carbonyl (C=O) groups excluding carboxylic acids is 1. The molecule has 0 aliphatic heterocycles. The molecule has 0 aliphatic carbocycles. The first-order valence-electron chi connectivity index (χ1n) is 7.28. The number of hydrogen-bond acceptors (Lipinski definition) is 6. The molecule has 3 aromatic heterocycles. The number of amides is 1. The van der Waals surface area contributed by atoms with Gasteiger partial charge in [-0.25, -0.2) is 9.97 Å². The third-order valence-corrected chi connectivity index (χ3v) is 4.43. The molecule has 1 amide bonds. The molecular formula is C17H12N4O2S. The highest BCUT2D eigenvalue weighted by atomic mass is 32.1. The van der Waals surface area contributed by atoms with E-state index in [1.54, 1.807) is 18.6 Å². The first-order chi connectivity index (χ1) is 11.8. The number of hydrogen-bond donors (Lipinski definition) is 1. The van der Waals surface area contributed by atoms with Gasteiger partial charge in [0.1, 0.15) is 5.52 Å². The van der Waals surface area contributed by atoms with E-state index in [0.29, 0.717) is 16.7 Å². The van der Waals surface area contributed by atoms with Crippen LogP contribution in [-0.4, -0.2) is 20.9 Å². The summed E-state index contributed by atoms with van der Waals surface area (Å²) >= 11 is 1.33. The maximum Gasteiger partial charge on any atom is 0.280 e. The van der Waals surface area contributed by atoms with Crippen LogP contribution in [0.15, 0.2) is 59.4 Å². The molecule has 0 saturated carbocycles. The molecular weight excluding hydrogens is 324 g/mol. The second kappa shape index (κ2) is 6.21. The summed E-state index contributed by atoms with van der Waals surface area (Å²) < 4.78 is 6.59. The minimum Gasteiger partial charge on any atom is -0.439 e. The van der Waals surface area contributed by atoms with E-state index in [9.17, 15) is 4.79 Å². The predicted octanol–water partition coefficient (Wildman–Crippen LogP) is 3.28. The van der Waals surface area contributed by atoms with Crippen LogP contribution in [0.3, 0.4) is 0 Å². The fourth-order valence-electron chi connectivity index (χ4n) is 2.24. The van der Waals surface area contributed by atoms with Crippen molar-refractivity contribution in [2.24, 2.45) is 0 Å². The third-order valence-electron chi connectivity index (χ3n) is 3.40. The van der Waals surface area contributed by atoms with Crippen LogP contribution in [0.1, 0.15) is 15.7 Å². The fourth-order valence-corrected chi connectivity index (χ4v) is 3.09. The first-order valence-corrected chi connectivity index (χ1v) is 8.10. The quantitative estimate of drug-likeness (QED) is 0.618. The largest absolute Gasteiger partial charge is 0.439 e. The Morgan fingerprint density at radius 2 is 2.04 bits per heavy atom. The number of thiazole rings is 1. The second-order valence-electron chi connectivity index (χ2n) is 5.03. The predicted molar refractivity (Wildman–Crippen MR) is 90.5 cm³/mol. The van der Waals surface area contributed by atoms with E-state index in [2.05, 4.69) is 20.3 Å². The van der Waals surface area contributed by atoms with Crippen LogP contribution >= 0.6 is 11.3 Å². The molecule has 0 saturated heterocycles. The SMILES string of the molecule is O=C(NCc1ncc(-c2ccccc2)o1)c1nc2cnccc2s1. The lowest BCUT2D eigenvalue weighted by Gasteiger charge is -1.99. The topological polar surface area (TPSA) is 80.9 Å². The number of fused-ring (bicyclic) bond motifs is 1. The van der Waals surface area contributed by atoms with Gasteiger partial charge in [-0.05, 0) is 6.07 Å². The molecule has 0 bridgehead atoms. The number of nitrogens with one attached hydrogen (secondary N) is 1. The lowest BCUT2D eigenvalue weighted by molar-refractivity contribution is 0.0947. The molecule has 4 rings (SSSR count). The van der Waals surface area contributed by atoms with Gasteiger partial charge in [-0.15, -0.1) is 11.3 Å². The zero-order chi connectivity index (χ0) is 16.4. The molecule has 6 nitrogen and oxygen atoms in total. The normalized spacial score (nSPS) is 10.8. The van der Waals surface area contributed by atoms with Gasteiger partial charge in [-0.1, -0.05) is 30.3 Å². The molecule has 1 N–H and O–H groups in total. The lowest BCUT2D eigenvalue weighted by atomic mass is 10.2. The summed E-state index contributed by atoms with van der Waals surface area (Å²) in [5.41, 5.74) is 1.66. The van der Waals surface area contributed by atoms with E-state index in [1.165, 1.54) is 11.3 Å². The van der Waals surface area contributed by atoms with Gasteiger partial charge >= 0.3 is 0 Å². The summed E-state index contributed by atoms with van der Waals surface area (Å²) in [7, 11) is 0. The van der Waals surface area contributed by atoms with Gasteiger partial charge in [0.2, 0.25) is 5.89 Å². The molecule has 0 atom stereocenters. The zero-order valence-corrected chi connectivity index (χ0v) is 13.3. The van der Waals surface area contributed by atoms with E-state index in [4.69, 9.17) is 4.42 Å². The molecule has 3 heterocycles. The van der Waals surface area contributed by atoms with Gasteiger partial charge in [-0.2, -0.15) is 0 Å². The standard InChI is InChI=1S/C17H12N4O2S/c22-16(17-21-12-8-18-7-6-14(12)24-17)20-10-15-19-9-13(23-15)11-4-2-1-3-5-11/h1-9H,10H2,(H,20,22). The Labute approximate surface area is 141 Å². The molecule has 0 spiro atoms. The number of nitrogens with zero attached hydrogens (tertiary/aromatic N) is 3. The van der Waals surface area contributed by atoms with Gasteiger partial charge < -0.3 is 9.73 Å². The van der Waals surface area contributed by atoms with Crippen molar-refractivity contribution in [2.75, 3.05) is 0 Å². The Bertz CT molecular complexity index is 961. The van der Waals surface area contributed by atoms with E-state index in [1.807, 2.05) is 36.4 Å². The van der Waals surface area contributed by atoms with Crippen molar-refractivity contribution in [3.63, 3.8) is 0 Å². The lowest BCUT2D eigenvalue weighted by Crippen LogP contribution is -2.22. The minimum absolute atomic E-state index is 0.208. The van der Waals surface area contributed by atoms with Crippen LogP contribution in [-0.2, 0) is 6.54 Å². The number of benzene rings is 1. The minimum atomic E-state index is -0.254. The average Bonchev–Trinajstić information content (AvgIpc) is 3.27. The Morgan fingerprint density at radius 1 is 1.17 bits per heavy atom. The van der Waals surface area contributed by atoms with Crippen LogP contribution in [0, 0.1) is 0 Å². The van der Waals surface area contributed by atoms with Crippen LogP contribution in [0.25, 0.3) is 21.5 Å². The maximum atomic E-state index is 12.2. The zero-order valence-electron chi connectivity index (χ0n) is 12.5. The Hall–Kier alpha value is -3.06. The fraction of sp³-hybridized carbons (Fsp3) is 0.0588. The summed E-state index contributed by atoms with van der Waals surface area (Å²) in [6, 6.07) is 11.5. The van der Waals surface area contributed by atoms with Crippen molar-refractivity contribution in [3.8, 4) is 11.3 Å². The Kier molecular flexibility index (Phi) is 3.76. The van der Waals surface area contributed by atoms with Crippen LogP contribution in [0.4, 0.5) is 0 Å². The van der Waals surface area contributed by atoms with Crippen molar-refractivity contribution < 1.29 is 9.21 Å². The molecule has 0 fully saturated rings. The van der Waals surface area contributed by atoms with Gasteiger partial charge in [0.15, 0.2) is 10.8 Å². The Balaban J connectivity index is 1.45. The highest BCUT2D eigenvalue weighted by Gasteiger charge is 2.13. The van der Waals surface area contributed by atoms with Crippen LogP contribution in [0.5, 0.6) is 0 Å². The van der Waals surface area contributed by atoms with Gasteiger partial charge in [0.25, 0.3) is 5.91 Å². The number of rotatable bonds is 4. The van der Waals surface area contributed by atoms with Crippen molar-refractivity contribution >= 4 is 27.5 Å². The van der Waals surface area contributed by atoms with Crippen LogP contribution in [0.2, 0.25) is 0 Å². The van der Waals surface area contributed by atoms with E-state index < -0.39 is 0 Å².